The SMILES string of the molecule is CN=C(NCC1CCCN(Cc2cccs2)C1)N1CCSC(C)(C)C1.I. The number of piperidine rings is 1. The Labute approximate surface area is 184 Å². The molecular weight excluding hydrogens is 475 g/mol. The zero-order valence-electron chi connectivity index (χ0n) is 16.2. The third kappa shape index (κ3) is 6.56. The molecule has 4 nitrogen and oxygen atoms in total. The van der Waals surface area contributed by atoms with Gasteiger partial charge in [-0.3, -0.25) is 9.89 Å². The zero-order valence-corrected chi connectivity index (χ0v) is 20.2. The number of thioether (sulfide) groups is 1. The lowest BCUT2D eigenvalue weighted by Gasteiger charge is -2.40. The minimum Gasteiger partial charge on any atom is -0.356 e. The van der Waals surface area contributed by atoms with E-state index in [9.17, 15) is 0 Å². The van der Waals surface area contributed by atoms with Gasteiger partial charge < -0.3 is 10.2 Å². The molecule has 1 atom stereocenters. The average molecular weight is 509 g/mol. The third-order valence-corrected chi connectivity index (χ3v) is 7.21. The number of nitrogens with one attached hydrogen (secondary N) is 1. The van der Waals surface area contributed by atoms with E-state index in [1.807, 2.05) is 18.4 Å². The van der Waals surface area contributed by atoms with Gasteiger partial charge in [-0.15, -0.1) is 35.3 Å². The van der Waals surface area contributed by atoms with Gasteiger partial charge in [0.1, 0.15) is 0 Å². The molecule has 0 aromatic carbocycles. The van der Waals surface area contributed by atoms with Gasteiger partial charge in [-0.2, -0.15) is 11.8 Å². The van der Waals surface area contributed by atoms with E-state index in [0.717, 1.165) is 38.1 Å². The zero-order chi connectivity index (χ0) is 17.7. The van der Waals surface area contributed by atoms with E-state index < -0.39 is 0 Å². The maximum atomic E-state index is 4.55. The monoisotopic (exact) mass is 508 g/mol. The summed E-state index contributed by atoms with van der Waals surface area (Å²) in [6.07, 6.45) is 2.63. The molecule has 1 aromatic heterocycles. The first-order valence-corrected chi connectivity index (χ1v) is 11.3. The summed E-state index contributed by atoms with van der Waals surface area (Å²) in [5, 5.41) is 5.85. The highest BCUT2D eigenvalue weighted by Gasteiger charge is 2.29. The summed E-state index contributed by atoms with van der Waals surface area (Å²) in [5.74, 6) is 2.99. The van der Waals surface area contributed by atoms with Crippen LogP contribution >= 0.6 is 47.1 Å². The molecule has 0 radical (unpaired) electrons. The van der Waals surface area contributed by atoms with Crippen molar-refractivity contribution in [2.75, 3.05) is 45.5 Å². The van der Waals surface area contributed by atoms with Crippen LogP contribution in [-0.4, -0.2) is 66.0 Å². The van der Waals surface area contributed by atoms with E-state index in [1.165, 1.54) is 36.6 Å². The van der Waals surface area contributed by atoms with Crippen LogP contribution in [0.25, 0.3) is 0 Å². The Balaban J connectivity index is 0.00000243. The highest BCUT2D eigenvalue weighted by molar-refractivity contribution is 14.0. The molecule has 7 heteroatoms. The Bertz CT molecular complexity index is 562. The summed E-state index contributed by atoms with van der Waals surface area (Å²) < 4.78 is 0.318. The number of rotatable bonds is 4. The second kappa shape index (κ2) is 10.5. The number of aliphatic imine (C=N–C) groups is 1. The number of likely N-dealkylation sites (tertiary alicyclic amines) is 1. The van der Waals surface area contributed by atoms with Gasteiger partial charge in [0.15, 0.2) is 5.96 Å². The van der Waals surface area contributed by atoms with Crippen molar-refractivity contribution in [1.82, 2.24) is 15.1 Å². The Morgan fingerprint density at radius 1 is 1.38 bits per heavy atom. The van der Waals surface area contributed by atoms with Crippen LogP contribution < -0.4 is 5.32 Å². The van der Waals surface area contributed by atoms with Gasteiger partial charge in [-0.25, -0.2) is 0 Å². The lowest BCUT2D eigenvalue weighted by molar-refractivity contribution is 0.169. The second-order valence-corrected chi connectivity index (χ2v) is 10.6. The molecule has 3 rings (SSSR count). The van der Waals surface area contributed by atoms with Gasteiger partial charge in [0, 0.05) is 55.1 Å². The summed E-state index contributed by atoms with van der Waals surface area (Å²) in [7, 11) is 1.92. The molecule has 2 aliphatic heterocycles. The van der Waals surface area contributed by atoms with Crippen molar-refractivity contribution in [3.63, 3.8) is 0 Å². The first-order chi connectivity index (χ1) is 12.1. The number of halogens is 1. The van der Waals surface area contributed by atoms with E-state index in [0.29, 0.717) is 4.75 Å². The summed E-state index contributed by atoms with van der Waals surface area (Å²) in [6.45, 7) is 11.4. The van der Waals surface area contributed by atoms with Crippen LogP contribution in [0.15, 0.2) is 22.5 Å². The highest BCUT2D eigenvalue weighted by Crippen LogP contribution is 2.29. The van der Waals surface area contributed by atoms with Crippen LogP contribution in [0.3, 0.4) is 0 Å². The normalized spacial score (nSPS) is 24.2. The number of guanidine groups is 1. The second-order valence-electron chi connectivity index (χ2n) is 7.78. The van der Waals surface area contributed by atoms with E-state index >= 15 is 0 Å². The highest BCUT2D eigenvalue weighted by atomic mass is 127. The fraction of sp³-hybridized carbons (Fsp3) is 0.737. The Hall–Kier alpha value is 0.01000. The quantitative estimate of drug-likeness (QED) is 0.379. The van der Waals surface area contributed by atoms with Crippen LogP contribution in [-0.2, 0) is 6.54 Å². The van der Waals surface area contributed by atoms with E-state index in [2.05, 4.69) is 63.2 Å². The fourth-order valence-corrected chi connectivity index (χ4v) is 5.71. The molecule has 1 aromatic rings. The van der Waals surface area contributed by atoms with Crippen molar-refractivity contribution < 1.29 is 0 Å². The molecule has 0 bridgehead atoms. The molecule has 3 heterocycles. The molecule has 148 valence electrons. The molecule has 2 saturated heterocycles. The Morgan fingerprint density at radius 2 is 2.23 bits per heavy atom. The van der Waals surface area contributed by atoms with Crippen molar-refractivity contribution in [3.05, 3.63) is 22.4 Å². The largest absolute Gasteiger partial charge is 0.356 e. The maximum absolute atomic E-state index is 4.55. The van der Waals surface area contributed by atoms with Crippen molar-refractivity contribution in [2.45, 2.75) is 38.0 Å². The summed E-state index contributed by atoms with van der Waals surface area (Å²) in [4.78, 5) is 11.1. The molecule has 0 saturated carbocycles. The number of hydrogen-bond acceptors (Lipinski definition) is 4. The summed E-state index contributed by atoms with van der Waals surface area (Å²) >= 11 is 3.94. The van der Waals surface area contributed by atoms with Crippen LogP contribution in [0, 0.1) is 5.92 Å². The van der Waals surface area contributed by atoms with Gasteiger partial charge in [0.2, 0.25) is 0 Å². The minimum atomic E-state index is 0. The lowest BCUT2D eigenvalue weighted by Crippen LogP contribution is -2.52. The van der Waals surface area contributed by atoms with Gasteiger partial charge in [0.05, 0.1) is 0 Å². The standard InChI is InChI=1S/C19H32N4S2.HI/c1-19(2)15-23(9-11-25-19)18(20-3)21-12-16-6-4-8-22(13-16)14-17-7-5-10-24-17;/h5,7,10,16H,4,6,8-9,11-15H2,1-3H3,(H,20,21);1H. The van der Waals surface area contributed by atoms with Crippen LogP contribution in [0.1, 0.15) is 31.6 Å². The molecule has 0 spiro atoms. The number of nitrogens with zero attached hydrogens (tertiary/aromatic N) is 3. The van der Waals surface area contributed by atoms with Crippen LogP contribution in [0.4, 0.5) is 0 Å². The molecule has 0 aliphatic carbocycles. The Kier molecular flexibility index (Phi) is 9.03. The lowest BCUT2D eigenvalue weighted by atomic mass is 9.98. The predicted octanol–water partition coefficient (Wildman–Crippen LogP) is 3.98. The predicted molar refractivity (Wildman–Crippen MR) is 127 cm³/mol. The molecule has 2 fully saturated rings. The van der Waals surface area contributed by atoms with Crippen molar-refractivity contribution in [3.8, 4) is 0 Å². The van der Waals surface area contributed by atoms with Gasteiger partial charge in [-0.1, -0.05) is 6.07 Å². The maximum Gasteiger partial charge on any atom is 0.193 e. The topological polar surface area (TPSA) is 30.9 Å². The Morgan fingerprint density at radius 3 is 2.92 bits per heavy atom. The van der Waals surface area contributed by atoms with E-state index in [-0.39, 0.29) is 24.0 Å². The smallest absolute Gasteiger partial charge is 0.193 e. The molecule has 0 amide bonds. The summed E-state index contributed by atoms with van der Waals surface area (Å²) in [5.41, 5.74) is 0. The first-order valence-electron chi connectivity index (χ1n) is 9.40. The average Bonchev–Trinajstić information content (AvgIpc) is 3.08. The van der Waals surface area contributed by atoms with Gasteiger partial charge in [0.25, 0.3) is 0 Å². The van der Waals surface area contributed by atoms with Crippen LogP contribution in [0.5, 0.6) is 0 Å². The number of thiophene rings is 1. The van der Waals surface area contributed by atoms with Crippen molar-refractivity contribution in [2.24, 2.45) is 10.9 Å². The first kappa shape index (κ1) is 22.3. The molecule has 2 aliphatic rings. The van der Waals surface area contributed by atoms with Gasteiger partial charge >= 0.3 is 0 Å². The molecular formula is C19H33IN4S2. The van der Waals surface area contributed by atoms with Crippen molar-refractivity contribution >= 4 is 53.0 Å². The third-order valence-electron chi connectivity index (χ3n) is 5.05. The van der Waals surface area contributed by atoms with Crippen molar-refractivity contribution in [1.29, 1.82) is 0 Å². The minimum absolute atomic E-state index is 0. The molecule has 26 heavy (non-hydrogen) atoms. The van der Waals surface area contributed by atoms with E-state index in [1.54, 1.807) is 0 Å². The summed E-state index contributed by atoms with van der Waals surface area (Å²) in [6, 6.07) is 4.41. The molecule has 1 unspecified atom stereocenters. The van der Waals surface area contributed by atoms with E-state index in [4.69, 9.17) is 0 Å². The van der Waals surface area contributed by atoms with Gasteiger partial charge in [-0.05, 0) is 50.6 Å². The number of hydrogen-bond donors (Lipinski definition) is 1. The van der Waals surface area contributed by atoms with Crippen LogP contribution in [0.2, 0.25) is 0 Å². The fourth-order valence-electron chi connectivity index (χ4n) is 3.85. The molecule has 1 N–H and O–H groups in total.